The van der Waals surface area contributed by atoms with Gasteiger partial charge < -0.3 is 11.1 Å². The standard InChI is InChI=1S/C14H18N6O3S2/c1-25(22,23)7-3-11(17-13(21)10-2-6-24-8-10)12(16)18-20-19-14(9-15)4-5-14/h2,6,8,11H,3-5,7H2,1H3,(H,17,21)(H2,16,18,19)/p+1/t11-/m0/s1. The average molecular weight is 383 g/mol. The highest BCUT2D eigenvalue weighted by atomic mass is 32.2. The molecule has 134 valence electrons. The summed E-state index contributed by atoms with van der Waals surface area (Å²) < 4.78 is 22.8. The first kappa shape index (κ1) is 19.0. The van der Waals surface area contributed by atoms with E-state index >= 15 is 0 Å². The lowest BCUT2D eigenvalue weighted by Crippen LogP contribution is -2.75. The summed E-state index contributed by atoms with van der Waals surface area (Å²) in [7, 11) is -3.23. The van der Waals surface area contributed by atoms with Crippen molar-refractivity contribution >= 4 is 32.9 Å². The SMILES string of the molecule is CS(=O)(=O)CC[C@H](NC(=O)c1ccsc1)/C(N)=N/N=[NH+]C1(C#N)CC1. The molecular formula is C14H19N6O3S2+. The van der Waals surface area contributed by atoms with E-state index in [0.717, 1.165) is 6.26 Å². The minimum absolute atomic E-state index is 0.0338. The molecule has 1 fully saturated rings. The van der Waals surface area contributed by atoms with E-state index in [1.807, 2.05) is 0 Å². The Kier molecular flexibility index (Phi) is 5.86. The molecule has 0 aromatic carbocycles. The Balaban J connectivity index is 2.09. The van der Waals surface area contributed by atoms with E-state index < -0.39 is 21.4 Å². The number of amidine groups is 1. The van der Waals surface area contributed by atoms with E-state index in [0.29, 0.717) is 18.4 Å². The highest BCUT2D eigenvalue weighted by Crippen LogP contribution is 2.28. The van der Waals surface area contributed by atoms with Gasteiger partial charge in [-0.2, -0.15) is 21.7 Å². The number of rotatable bonds is 8. The summed E-state index contributed by atoms with van der Waals surface area (Å²) in [6.07, 6.45) is 2.53. The average Bonchev–Trinajstić information content (AvgIpc) is 3.11. The van der Waals surface area contributed by atoms with Crippen LogP contribution >= 0.6 is 11.3 Å². The van der Waals surface area contributed by atoms with Crippen molar-refractivity contribution in [2.45, 2.75) is 30.8 Å². The first-order chi connectivity index (χ1) is 11.7. The number of nitriles is 1. The molecule has 11 heteroatoms. The van der Waals surface area contributed by atoms with Gasteiger partial charge in [-0.1, -0.05) is 0 Å². The van der Waals surface area contributed by atoms with Gasteiger partial charge in [0.1, 0.15) is 27.2 Å². The molecule has 1 atom stereocenters. The molecule has 1 aliphatic carbocycles. The third-order valence-corrected chi connectivity index (χ3v) is 5.28. The maximum absolute atomic E-state index is 12.2. The lowest BCUT2D eigenvalue weighted by molar-refractivity contribution is -0.574. The summed E-state index contributed by atoms with van der Waals surface area (Å²) in [5.74, 6) is -0.567. The summed E-state index contributed by atoms with van der Waals surface area (Å²) in [6, 6.07) is 2.95. The first-order valence-electron chi connectivity index (χ1n) is 7.47. The van der Waals surface area contributed by atoms with Crippen LogP contribution in [-0.2, 0) is 9.84 Å². The normalized spacial score (nSPS) is 17.8. The Hall–Kier alpha value is -2.32. The second kappa shape index (κ2) is 7.71. The van der Waals surface area contributed by atoms with Crippen LogP contribution in [0.2, 0.25) is 0 Å². The molecule has 1 aromatic heterocycles. The number of hydrogen-bond donors (Lipinski definition) is 3. The van der Waals surface area contributed by atoms with Crippen LogP contribution in [0.15, 0.2) is 27.2 Å². The monoisotopic (exact) mass is 383 g/mol. The molecule has 0 aliphatic heterocycles. The lowest BCUT2D eigenvalue weighted by atomic mass is 10.2. The van der Waals surface area contributed by atoms with E-state index in [4.69, 9.17) is 11.0 Å². The fourth-order valence-electron chi connectivity index (χ4n) is 1.88. The Labute approximate surface area is 149 Å². The van der Waals surface area contributed by atoms with Gasteiger partial charge in [0.2, 0.25) is 5.54 Å². The number of amides is 1. The van der Waals surface area contributed by atoms with Crippen molar-refractivity contribution < 1.29 is 18.3 Å². The molecule has 0 saturated heterocycles. The number of carbonyl (C=O) groups excluding carboxylic acids is 1. The fraction of sp³-hybridized carbons (Fsp3) is 0.500. The predicted octanol–water partition coefficient (Wildman–Crippen LogP) is -0.858. The number of nitrogens with zero attached hydrogens (tertiary/aromatic N) is 3. The van der Waals surface area contributed by atoms with Crippen molar-refractivity contribution in [2.75, 3.05) is 12.0 Å². The van der Waals surface area contributed by atoms with Gasteiger partial charge in [-0.3, -0.25) is 4.79 Å². The van der Waals surface area contributed by atoms with Crippen LogP contribution in [0.4, 0.5) is 0 Å². The number of nitrogens with one attached hydrogen (secondary N) is 2. The van der Waals surface area contributed by atoms with Gasteiger partial charge in [-0.25, -0.2) is 8.42 Å². The minimum Gasteiger partial charge on any atom is -0.363 e. The van der Waals surface area contributed by atoms with E-state index in [1.165, 1.54) is 11.3 Å². The molecule has 0 spiro atoms. The molecule has 1 heterocycles. The zero-order valence-electron chi connectivity index (χ0n) is 13.6. The zero-order valence-corrected chi connectivity index (χ0v) is 15.2. The van der Waals surface area contributed by atoms with Crippen LogP contribution in [0.25, 0.3) is 0 Å². The van der Waals surface area contributed by atoms with Crippen LogP contribution in [0.5, 0.6) is 0 Å². The number of sulfone groups is 1. The van der Waals surface area contributed by atoms with Gasteiger partial charge >= 0.3 is 0 Å². The van der Waals surface area contributed by atoms with Crippen LogP contribution in [0.1, 0.15) is 29.6 Å². The van der Waals surface area contributed by atoms with E-state index in [9.17, 15) is 13.2 Å². The maximum Gasteiger partial charge on any atom is 0.265 e. The van der Waals surface area contributed by atoms with Gasteiger partial charge in [0.05, 0.1) is 16.4 Å². The first-order valence-corrected chi connectivity index (χ1v) is 10.5. The largest absolute Gasteiger partial charge is 0.363 e. The molecule has 25 heavy (non-hydrogen) atoms. The van der Waals surface area contributed by atoms with Crippen LogP contribution in [0, 0.1) is 11.3 Å². The Bertz CT molecular complexity index is 819. The van der Waals surface area contributed by atoms with Crippen LogP contribution in [-0.4, -0.2) is 43.7 Å². The van der Waals surface area contributed by atoms with Crippen molar-refractivity contribution in [1.29, 1.82) is 5.26 Å². The van der Waals surface area contributed by atoms with Gasteiger partial charge in [0, 0.05) is 24.5 Å². The molecule has 0 unspecified atom stereocenters. The van der Waals surface area contributed by atoms with Crippen molar-refractivity contribution in [3.63, 3.8) is 0 Å². The molecule has 0 radical (unpaired) electrons. The molecule has 1 aliphatic rings. The molecule has 9 nitrogen and oxygen atoms in total. The topological polar surface area (TPSA) is 152 Å². The Morgan fingerprint density at radius 2 is 2.32 bits per heavy atom. The van der Waals surface area contributed by atoms with Crippen molar-refractivity contribution in [3.8, 4) is 6.07 Å². The number of thiophene rings is 1. The molecule has 1 aromatic rings. The van der Waals surface area contributed by atoms with Crippen LogP contribution in [0.3, 0.4) is 0 Å². The second-order valence-electron chi connectivity index (χ2n) is 5.89. The summed E-state index contributed by atoms with van der Waals surface area (Å²) in [5.41, 5.74) is 5.64. The molecule has 1 amide bonds. The lowest BCUT2D eigenvalue weighted by Gasteiger charge is -2.14. The summed E-state index contributed by atoms with van der Waals surface area (Å²) in [4.78, 5) is 12.2. The summed E-state index contributed by atoms with van der Waals surface area (Å²) >= 11 is 1.37. The maximum atomic E-state index is 12.2. The Morgan fingerprint density at radius 3 is 2.84 bits per heavy atom. The van der Waals surface area contributed by atoms with Crippen LogP contribution < -0.4 is 16.2 Å². The molecule has 4 N–H and O–H groups in total. The van der Waals surface area contributed by atoms with Crippen molar-refractivity contribution in [1.82, 2.24) is 5.32 Å². The van der Waals surface area contributed by atoms with E-state index in [2.05, 4.69) is 26.8 Å². The zero-order chi connectivity index (χ0) is 18.5. The van der Waals surface area contributed by atoms with Crippen molar-refractivity contribution in [2.24, 2.45) is 16.1 Å². The minimum atomic E-state index is -3.23. The van der Waals surface area contributed by atoms with Gasteiger partial charge in [-0.05, 0) is 17.9 Å². The molecule has 2 rings (SSSR count). The van der Waals surface area contributed by atoms with Crippen molar-refractivity contribution in [3.05, 3.63) is 22.4 Å². The predicted molar refractivity (Wildman–Crippen MR) is 92.5 cm³/mol. The summed E-state index contributed by atoms with van der Waals surface area (Å²) in [5, 5.41) is 25.2. The van der Waals surface area contributed by atoms with Gasteiger partial charge in [0.25, 0.3) is 11.7 Å². The van der Waals surface area contributed by atoms with E-state index in [1.54, 1.807) is 16.8 Å². The number of hydrogen-bond acceptors (Lipinski definition) is 6. The summed E-state index contributed by atoms with van der Waals surface area (Å²) in [6.45, 7) is 0. The Morgan fingerprint density at radius 1 is 1.60 bits per heavy atom. The quantitative estimate of drug-likeness (QED) is 0.231. The highest BCUT2D eigenvalue weighted by Gasteiger charge is 2.47. The third kappa shape index (κ3) is 5.91. The van der Waals surface area contributed by atoms with Gasteiger partial charge in [0.15, 0.2) is 0 Å². The second-order valence-corrected chi connectivity index (χ2v) is 8.93. The number of carbonyl (C=O) groups is 1. The smallest absolute Gasteiger partial charge is 0.265 e. The molecule has 0 bridgehead atoms. The molecule has 1 saturated carbocycles. The fourth-order valence-corrected chi connectivity index (χ4v) is 3.18. The molecular weight excluding hydrogens is 364 g/mol. The highest BCUT2D eigenvalue weighted by molar-refractivity contribution is 7.90. The van der Waals surface area contributed by atoms with Gasteiger partial charge in [-0.15, -0.1) is 0 Å². The number of nitrogens with two attached hydrogens (primary N) is 1. The van der Waals surface area contributed by atoms with E-state index in [-0.39, 0.29) is 23.9 Å². The third-order valence-electron chi connectivity index (χ3n) is 3.62.